The molecule has 3 N–H and O–H groups in total. The van der Waals surface area contributed by atoms with Crippen LogP contribution in [0.3, 0.4) is 0 Å². The maximum Gasteiger partial charge on any atom is 0.197 e. The maximum absolute atomic E-state index is 11.5. The van der Waals surface area contributed by atoms with Crippen molar-refractivity contribution in [1.82, 2.24) is 0 Å². The van der Waals surface area contributed by atoms with Crippen molar-refractivity contribution in [3.8, 4) is 0 Å². The van der Waals surface area contributed by atoms with Crippen molar-refractivity contribution in [2.75, 3.05) is 0 Å². The molecule has 0 atom stereocenters. The summed E-state index contributed by atoms with van der Waals surface area (Å²) in [6.07, 6.45) is 1.20. The highest BCUT2D eigenvalue weighted by Crippen LogP contribution is 2.24. The van der Waals surface area contributed by atoms with E-state index in [1.54, 1.807) is 24.3 Å². The monoisotopic (exact) mass is 172 g/mol. The van der Waals surface area contributed by atoms with Gasteiger partial charge in [-0.1, -0.05) is 24.3 Å². The number of ketones is 1. The van der Waals surface area contributed by atoms with Crippen LogP contribution >= 0.6 is 0 Å². The third-order valence-corrected chi connectivity index (χ3v) is 2.12. The fourth-order valence-electron chi connectivity index (χ4n) is 1.46. The highest BCUT2D eigenvalue weighted by atomic mass is 16.1. The van der Waals surface area contributed by atoms with Crippen molar-refractivity contribution >= 4 is 11.5 Å². The Hall–Kier alpha value is -1.90. The van der Waals surface area contributed by atoms with E-state index in [0.717, 1.165) is 0 Å². The van der Waals surface area contributed by atoms with Crippen molar-refractivity contribution in [3.05, 3.63) is 47.2 Å². The zero-order valence-electron chi connectivity index (χ0n) is 6.87. The summed E-state index contributed by atoms with van der Waals surface area (Å²) in [4.78, 5) is 11.5. The molecule has 0 saturated heterocycles. The predicted molar refractivity (Wildman–Crippen MR) is 49.9 cm³/mol. The molecule has 1 aliphatic rings. The minimum atomic E-state index is -0.150. The summed E-state index contributed by atoms with van der Waals surface area (Å²) in [7, 11) is 0. The summed E-state index contributed by atoms with van der Waals surface area (Å²) >= 11 is 0. The normalized spacial score (nSPS) is 18.0. The SMILES string of the molecule is N=C1/C(=C\N)C(=O)c2ccccc21. The Morgan fingerprint density at radius 2 is 1.85 bits per heavy atom. The Kier molecular flexibility index (Phi) is 1.52. The van der Waals surface area contributed by atoms with E-state index < -0.39 is 0 Å². The van der Waals surface area contributed by atoms with Gasteiger partial charge in [0.2, 0.25) is 0 Å². The summed E-state index contributed by atoms with van der Waals surface area (Å²) in [5, 5.41) is 7.65. The van der Waals surface area contributed by atoms with Gasteiger partial charge in [0, 0.05) is 17.3 Å². The Morgan fingerprint density at radius 3 is 2.38 bits per heavy atom. The molecule has 0 fully saturated rings. The molecule has 0 saturated carbocycles. The van der Waals surface area contributed by atoms with E-state index in [0.29, 0.717) is 16.7 Å². The van der Waals surface area contributed by atoms with Crippen molar-refractivity contribution in [3.63, 3.8) is 0 Å². The second-order valence-electron chi connectivity index (χ2n) is 2.83. The first-order chi connectivity index (χ1) is 6.25. The van der Waals surface area contributed by atoms with Gasteiger partial charge < -0.3 is 5.73 Å². The summed E-state index contributed by atoms with van der Waals surface area (Å²) in [6, 6.07) is 7.05. The molecule has 1 aromatic rings. The maximum atomic E-state index is 11.5. The lowest BCUT2D eigenvalue weighted by Crippen LogP contribution is -2.03. The first-order valence-electron chi connectivity index (χ1n) is 3.90. The van der Waals surface area contributed by atoms with Gasteiger partial charge in [-0.05, 0) is 0 Å². The number of nitrogens with two attached hydrogens (primary N) is 1. The van der Waals surface area contributed by atoms with Crippen molar-refractivity contribution in [2.45, 2.75) is 0 Å². The van der Waals surface area contributed by atoms with E-state index >= 15 is 0 Å². The number of hydrogen-bond acceptors (Lipinski definition) is 3. The number of allylic oxidation sites excluding steroid dienone is 1. The predicted octanol–water partition coefficient (Wildman–Crippen LogP) is 1.09. The number of Topliss-reactive ketones (excluding diaryl/α,β-unsaturated/α-hetero) is 1. The molecule has 3 nitrogen and oxygen atoms in total. The molecule has 0 amide bonds. The van der Waals surface area contributed by atoms with Crippen LogP contribution in [-0.2, 0) is 0 Å². The fourth-order valence-corrected chi connectivity index (χ4v) is 1.46. The van der Waals surface area contributed by atoms with E-state index in [-0.39, 0.29) is 11.5 Å². The number of carbonyl (C=O) groups excluding carboxylic acids is 1. The number of nitrogens with one attached hydrogen (secondary N) is 1. The quantitative estimate of drug-likeness (QED) is 0.575. The van der Waals surface area contributed by atoms with E-state index in [4.69, 9.17) is 11.1 Å². The molecular weight excluding hydrogens is 164 g/mol. The summed E-state index contributed by atoms with van der Waals surface area (Å²) in [5.41, 5.74) is 7.03. The standard InChI is InChI=1S/C10H8N2O/c11-5-8-9(12)6-3-1-2-4-7(6)10(8)13/h1-5,12H,11H2/b8-5+,12-9?. The van der Waals surface area contributed by atoms with Crippen LogP contribution in [-0.4, -0.2) is 11.5 Å². The average molecular weight is 172 g/mol. The van der Waals surface area contributed by atoms with Crippen LogP contribution in [0.1, 0.15) is 15.9 Å². The van der Waals surface area contributed by atoms with Crippen molar-refractivity contribution in [2.24, 2.45) is 5.73 Å². The third kappa shape index (κ3) is 0.902. The highest BCUT2D eigenvalue weighted by molar-refractivity contribution is 6.40. The molecule has 1 aliphatic carbocycles. The van der Waals surface area contributed by atoms with Gasteiger partial charge >= 0.3 is 0 Å². The molecule has 2 rings (SSSR count). The van der Waals surface area contributed by atoms with Crippen molar-refractivity contribution in [1.29, 1.82) is 5.41 Å². The van der Waals surface area contributed by atoms with Gasteiger partial charge in [-0.3, -0.25) is 10.2 Å². The number of benzene rings is 1. The molecule has 3 heteroatoms. The van der Waals surface area contributed by atoms with Gasteiger partial charge in [-0.2, -0.15) is 0 Å². The van der Waals surface area contributed by atoms with Crippen LogP contribution in [0.2, 0.25) is 0 Å². The first kappa shape index (κ1) is 7.73. The second kappa shape index (κ2) is 2.55. The van der Waals surface area contributed by atoms with Gasteiger partial charge in [-0.15, -0.1) is 0 Å². The van der Waals surface area contributed by atoms with Crippen LogP contribution in [0.5, 0.6) is 0 Å². The molecular formula is C10H8N2O. The number of carbonyl (C=O) groups is 1. The highest BCUT2D eigenvalue weighted by Gasteiger charge is 2.28. The molecule has 64 valence electrons. The van der Waals surface area contributed by atoms with E-state index in [9.17, 15) is 4.79 Å². The van der Waals surface area contributed by atoms with Gasteiger partial charge in [0.1, 0.15) is 0 Å². The van der Waals surface area contributed by atoms with E-state index in [2.05, 4.69) is 0 Å². The van der Waals surface area contributed by atoms with E-state index in [1.807, 2.05) is 0 Å². The molecule has 0 aliphatic heterocycles. The molecule has 0 unspecified atom stereocenters. The lowest BCUT2D eigenvalue weighted by molar-refractivity contribution is 0.104. The molecule has 0 aromatic heterocycles. The van der Waals surface area contributed by atoms with Gasteiger partial charge in [0.05, 0.1) is 11.3 Å². The zero-order valence-corrected chi connectivity index (χ0v) is 6.87. The number of hydrogen-bond donors (Lipinski definition) is 2. The summed E-state index contributed by atoms with van der Waals surface area (Å²) < 4.78 is 0. The van der Waals surface area contributed by atoms with Gasteiger partial charge in [0.15, 0.2) is 5.78 Å². The van der Waals surface area contributed by atoms with Gasteiger partial charge in [0.25, 0.3) is 0 Å². The smallest absolute Gasteiger partial charge is 0.197 e. The Balaban J connectivity index is 2.71. The molecule has 13 heavy (non-hydrogen) atoms. The van der Waals surface area contributed by atoms with Crippen LogP contribution in [0.4, 0.5) is 0 Å². The van der Waals surface area contributed by atoms with Gasteiger partial charge in [-0.25, -0.2) is 0 Å². The lowest BCUT2D eigenvalue weighted by atomic mass is 10.1. The zero-order chi connectivity index (χ0) is 9.42. The molecule has 1 aromatic carbocycles. The van der Waals surface area contributed by atoms with Crippen LogP contribution < -0.4 is 5.73 Å². The minimum Gasteiger partial charge on any atom is -0.404 e. The molecule has 0 bridgehead atoms. The average Bonchev–Trinajstić information content (AvgIpc) is 2.41. The second-order valence-corrected chi connectivity index (χ2v) is 2.83. The van der Waals surface area contributed by atoms with Crippen LogP contribution in [0.25, 0.3) is 0 Å². The topological polar surface area (TPSA) is 66.9 Å². The molecule has 0 heterocycles. The largest absolute Gasteiger partial charge is 0.404 e. The van der Waals surface area contributed by atoms with E-state index in [1.165, 1.54) is 6.20 Å². The molecule has 0 spiro atoms. The van der Waals surface area contributed by atoms with Crippen LogP contribution in [0.15, 0.2) is 36.0 Å². The number of rotatable bonds is 0. The summed E-state index contributed by atoms with van der Waals surface area (Å²) in [5.74, 6) is -0.150. The van der Waals surface area contributed by atoms with Crippen LogP contribution in [0, 0.1) is 5.41 Å². The minimum absolute atomic E-state index is 0.150. The number of fused-ring (bicyclic) bond motifs is 1. The Labute approximate surface area is 75.4 Å². The first-order valence-corrected chi connectivity index (χ1v) is 3.90. The Morgan fingerprint density at radius 1 is 1.23 bits per heavy atom. The Bertz CT molecular complexity index is 395. The summed E-state index contributed by atoms with van der Waals surface area (Å²) in [6.45, 7) is 0. The van der Waals surface area contributed by atoms with Crippen molar-refractivity contribution < 1.29 is 4.79 Å². The molecule has 0 radical (unpaired) electrons. The fraction of sp³-hybridized carbons (Fsp3) is 0. The lowest BCUT2D eigenvalue weighted by Gasteiger charge is -1.92. The third-order valence-electron chi connectivity index (χ3n) is 2.12.